The zero-order valence-corrected chi connectivity index (χ0v) is 17.7. The summed E-state index contributed by atoms with van der Waals surface area (Å²) in [5.41, 5.74) is 1.60. The number of nitrogens with zero attached hydrogens (tertiary/aromatic N) is 1. The molecular formula is C24H21ClN2O4. The van der Waals surface area contributed by atoms with E-state index in [4.69, 9.17) is 21.1 Å². The number of halogens is 1. The van der Waals surface area contributed by atoms with Crippen molar-refractivity contribution in [1.29, 1.82) is 0 Å². The van der Waals surface area contributed by atoms with Crippen molar-refractivity contribution in [2.24, 2.45) is 0 Å². The van der Waals surface area contributed by atoms with Gasteiger partial charge in [-0.15, -0.1) is 0 Å². The number of amides is 2. The number of benzene rings is 3. The molecule has 0 saturated carbocycles. The van der Waals surface area contributed by atoms with E-state index in [0.717, 1.165) is 12.1 Å². The molecule has 2 amide bonds. The lowest BCUT2D eigenvalue weighted by atomic mass is 10.1. The molecule has 1 N–H and O–H groups in total. The molecule has 31 heavy (non-hydrogen) atoms. The first-order chi connectivity index (χ1) is 15.0. The minimum Gasteiger partial charge on any atom is -0.497 e. The third kappa shape index (κ3) is 4.81. The molecule has 0 aromatic heterocycles. The van der Waals surface area contributed by atoms with Crippen LogP contribution in [0.15, 0.2) is 66.7 Å². The lowest BCUT2D eigenvalue weighted by molar-refractivity contribution is -0.117. The molecule has 0 unspecified atom stereocenters. The fourth-order valence-corrected chi connectivity index (χ4v) is 3.56. The number of ether oxygens (including phenoxy) is 2. The highest BCUT2D eigenvalue weighted by Gasteiger charge is 2.22. The Morgan fingerprint density at radius 3 is 2.52 bits per heavy atom. The van der Waals surface area contributed by atoms with Gasteiger partial charge in [-0.3, -0.25) is 9.59 Å². The van der Waals surface area contributed by atoms with Gasteiger partial charge in [0.05, 0.1) is 12.8 Å². The third-order valence-corrected chi connectivity index (χ3v) is 5.21. The van der Waals surface area contributed by atoms with Crippen LogP contribution in [0, 0.1) is 0 Å². The SMILES string of the molecule is COc1ccc(Oc2ccc(Cl)cc2NC(=O)c2cccc(N3CCCC3=O)c2)cc1. The van der Waals surface area contributed by atoms with Crippen LogP contribution in [-0.2, 0) is 4.79 Å². The van der Waals surface area contributed by atoms with Crippen LogP contribution in [0.1, 0.15) is 23.2 Å². The minimum atomic E-state index is -0.324. The van der Waals surface area contributed by atoms with Crippen LogP contribution in [0.4, 0.5) is 11.4 Å². The predicted molar refractivity (Wildman–Crippen MR) is 121 cm³/mol. The summed E-state index contributed by atoms with van der Waals surface area (Å²) in [4.78, 5) is 26.7. The fraction of sp³-hybridized carbons (Fsp3) is 0.167. The molecular weight excluding hydrogens is 416 g/mol. The molecule has 1 aliphatic rings. The van der Waals surface area contributed by atoms with Gasteiger partial charge in [-0.2, -0.15) is 0 Å². The van der Waals surface area contributed by atoms with Gasteiger partial charge in [-0.25, -0.2) is 0 Å². The Balaban J connectivity index is 1.55. The van der Waals surface area contributed by atoms with Crippen LogP contribution >= 0.6 is 11.6 Å². The molecule has 3 aromatic rings. The molecule has 0 spiro atoms. The van der Waals surface area contributed by atoms with Crippen molar-refractivity contribution in [2.45, 2.75) is 12.8 Å². The summed E-state index contributed by atoms with van der Waals surface area (Å²) in [6.07, 6.45) is 1.36. The Hall–Kier alpha value is -3.51. The van der Waals surface area contributed by atoms with Gasteiger partial charge < -0.3 is 19.7 Å². The lowest BCUT2D eigenvalue weighted by Gasteiger charge is -2.17. The maximum absolute atomic E-state index is 12.9. The molecule has 1 aliphatic heterocycles. The highest BCUT2D eigenvalue weighted by atomic mass is 35.5. The quantitative estimate of drug-likeness (QED) is 0.552. The summed E-state index contributed by atoms with van der Waals surface area (Å²) in [5, 5.41) is 3.33. The zero-order chi connectivity index (χ0) is 21.8. The summed E-state index contributed by atoms with van der Waals surface area (Å²) in [6.45, 7) is 0.665. The van der Waals surface area contributed by atoms with Gasteiger partial charge in [-0.05, 0) is 67.1 Å². The molecule has 0 radical (unpaired) electrons. The van der Waals surface area contributed by atoms with Gasteiger partial charge in [0.1, 0.15) is 11.5 Å². The maximum Gasteiger partial charge on any atom is 0.255 e. The second-order valence-electron chi connectivity index (χ2n) is 7.07. The molecule has 3 aromatic carbocycles. The van der Waals surface area contributed by atoms with E-state index in [2.05, 4.69) is 5.32 Å². The van der Waals surface area contributed by atoms with Crippen LogP contribution < -0.4 is 19.7 Å². The monoisotopic (exact) mass is 436 g/mol. The maximum atomic E-state index is 12.9. The number of carbonyl (C=O) groups excluding carboxylic acids is 2. The van der Waals surface area contributed by atoms with Gasteiger partial charge >= 0.3 is 0 Å². The van der Waals surface area contributed by atoms with E-state index in [1.807, 2.05) is 6.07 Å². The number of rotatable bonds is 6. The molecule has 0 aliphatic carbocycles. The molecule has 7 heteroatoms. The second kappa shape index (κ2) is 9.10. The summed E-state index contributed by atoms with van der Waals surface area (Å²) >= 11 is 6.15. The zero-order valence-electron chi connectivity index (χ0n) is 16.9. The Morgan fingerprint density at radius 1 is 1.03 bits per heavy atom. The largest absolute Gasteiger partial charge is 0.497 e. The third-order valence-electron chi connectivity index (χ3n) is 4.97. The number of methoxy groups -OCH3 is 1. The minimum absolute atomic E-state index is 0.0718. The predicted octanol–water partition coefficient (Wildman–Crippen LogP) is 5.52. The van der Waals surface area contributed by atoms with E-state index in [9.17, 15) is 9.59 Å². The van der Waals surface area contributed by atoms with E-state index in [-0.39, 0.29) is 11.8 Å². The van der Waals surface area contributed by atoms with Crippen LogP contribution in [0.5, 0.6) is 17.2 Å². The van der Waals surface area contributed by atoms with Crippen LogP contribution in [0.25, 0.3) is 0 Å². The second-order valence-corrected chi connectivity index (χ2v) is 7.51. The molecule has 1 saturated heterocycles. The van der Waals surface area contributed by atoms with Crippen molar-refractivity contribution in [2.75, 3.05) is 23.9 Å². The first kappa shape index (κ1) is 20.8. The fourth-order valence-electron chi connectivity index (χ4n) is 3.39. The molecule has 1 heterocycles. The van der Waals surface area contributed by atoms with Crippen molar-refractivity contribution in [3.05, 3.63) is 77.3 Å². The van der Waals surface area contributed by atoms with E-state index in [1.165, 1.54) is 0 Å². The van der Waals surface area contributed by atoms with E-state index >= 15 is 0 Å². The van der Waals surface area contributed by atoms with Crippen molar-refractivity contribution >= 4 is 34.8 Å². The van der Waals surface area contributed by atoms with Gasteiger partial charge in [-0.1, -0.05) is 17.7 Å². The first-order valence-electron chi connectivity index (χ1n) is 9.87. The molecule has 6 nitrogen and oxygen atoms in total. The number of nitrogens with one attached hydrogen (secondary N) is 1. The topological polar surface area (TPSA) is 67.9 Å². The summed E-state index contributed by atoms with van der Waals surface area (Å²) in [5.74, 6) is 1.51. The Bertz CT molecular complexity index is 1110. The number of hydrogen-bond donors (Lipinski definition) is 1. The molecule has 4 rings (SSSR count). The van der Waals surface area contributed by atoms with Crippen LogP contribution in [-0.4, -0.2) is 25.5 Å². The van der Waals surface area contributed by atoms with E-state index < -0.39 is 0 Å². The smallest absolute Gasteiger partial charge is 0.255 e. The first-order valence-corrected chi connectivity index (χ1v) is 10.2. The molecule has 1 fully saturated rings. The normalized spacial score (nSPS) is 13.2. The lowest BCUT2D eigenvalue weighted by Crippen LogP contribution is -2.24. The van der Waals surface area contributed by atoms with Crippen molar-refractivity contribution in [3.63, 3.8) is 0 Å². The number of carbonyl (C=O) groups is 2. The van der Waals surface area contributed by atoms with Crippen LogP contribution in [0.2, 0.25) is 5.02 Å². The van der Waals surface area contributed by atoms with Gasteiger partial charge in [0, 0.05) is 29.2 Å². The standard InChI is InChI=1S/C24H21ClN2O4/c1-30-19-8-10-20(11-9-19)31-22-12-7-17(25)15-21(22)26-24(29)16-4-2-5-18(14-16)27-13-3-6-23(27)28/h2,4-5,7-12,14-15H,3,6,13H2,1H3,(H,26,29). The summed E-state index contributed by atoms with van der Waals surface area (Å²) in [6, 6.07) is 19.2. The highest BCUT2D eigenvalue weighted by Crippen LogP contribution is 2.33. The number of anilines is 2. The van der Waals surface area contributed by atoms with Gasteiger partial charge in [0.2, 0.25) is 5.91 Å². The Morgan fingerprint density at radius 2 is 1.81 bits per heavy atom. The average Bonchev–Trinajstić information content (AvgIpc) is 3.22. The van der Waals surface area contributed by atoms with E-state index in [0.29, 0.717) is 46.5 Å². The number of hydrogen-bond acceptors (Lipinski definition) is 4. The molecule has 0 atom stereocenters. The van der Waals surface area contributed by atoms with E-state index in [1.54, 1.807) is 72.7 Å². The summed E-state index contributed by atoms with van der Waals surface area (Å²) < 4.78 is 11.1. The average molecular weight is 437 g/mol. The van der Waals surface area contributed by atoms with Crippen molar-refractivity contribution in [3.8, 4) is 17.2 Å². The van der Waals surface area contributed by atoms with Crippen molar-refractivity contribution < 1.29 is 19.1 Å². The molecule has 158 valence electrons. The van der Waals surface area contributed by atoms with Gasteiger partial charge in [0.15, 0.2) is 5.75 Å². The van der Waals surface area contributed by atoms with Crippen LogP contribution in [0.3, 0.4) is 0 Å². The van der Waals surface area contributed by atoms with Crippen molar-refractivity contribution in [1.82, 2.24) is 0 Å². The summed E-state index contributed by atoms with van der Waals surface area (Å²) in [7, 11) is 1.59. The van der Waals surface area contributed by atoms with Gasteiger partial charge in [0.25, 0.3) is 5.91 Å². The Labute approximate surface area is 185 Å². The molecule has 0 bridgehead atoms. The highest BCUT2D eigenvalue weighted by molar-refractivity contribution is 6.31. The Kier molecular flexibility index (Phi) is 6.09.